The lowest BCUT2D eigenvalue weighted by atomic mass is 10.1. The Morgan fingerprint density at radius 1 is 1.22 bits per heavy atom. The molecule has 1 fully saturated rings. The second kappa shape index (κ2) is 7.17. The van der Waals surface area contributed by atoms with Crippen LogP contribution >= 0.6 is 15.2 Å². The van der Waals surface area contributed by atoms with E-state index in [0.29, 0.717) is 0 Å². The molecule has 3 heterocycles. The monoisotopic (exact) mass is 426 g/mol. The minimum atomic E-state index is -4.80. The summed E-state index contributed by atoms with van der Waals surface area (Å²) >= 11 is 0. The lowest BCUT2D eigenvalue weighted by Gasteiger charge is -2.18. The summed E-state index contributed by atoms with van der Waals surface area (Å²) in [5, 5.41) is 20.3. The van der Waals surface area contributed by atoms with Gasteiger partial charge in [-0.2, -0.15) is 0 Å². The van der Waals surface area contributed by atoms with Crippen LogP contribution in [0.1, 0.15) is 6.23 Å². The Bertz CT molecular complexity index is 985. The molecule has 1 saturated heterocycles. The summed E-state index contributed by atoms with van der Waals surface area (Å²) in [5.74, 6) is -1.40. The lowest BCUT2D eigenvalue weighted by molar-refractivity contribution is -0.0483. The summed E-state index contributed by atoms with van der Waals surface area (Å²) in [5.41, 5.74) is -0.472. The van der Waals surface area contributed by atoms with Gasteiger partial charge in [0.2, 0.25) is 0 Å². The largest absolute Gasteiger partial charge is 0.387 e. The van der Waals surface area contributed by atoms with Crippen molar-refractivity contribution in [3.63, 3.8) is 0 Å². The van der Waals surface area contributed by atoms with E-state index in [4.69, 9.17) is 14.5 Å². The van der Waals surface area contributed by atoms with Crippen LogP contribution in [0.3, 0.4) is 0 Å². The second-order valence-electron chi connectivity index (χ2n) is 5.84. The summed E-state index contributed by atoms with van der Waals surface area (Å²) in [7, 11) is -9.45. The Balaban J connectivity index is 1.76. The summed E-state index contributed by atoms with van der Waals surface area (Å²) < 4.78 is 33.7. The molecule has 2 aromatic heterocycles. The number of aromatic amines is 1. The van der Waals surface area contributed by atoms with Crippen LogP contribution < -0.4 is 5.56 Å². The van der Waals surface area contributed by atoms with Crippen LogP contribution in [0.2, 0.25) is 0 Å². The number of aromatic nitrogens is 4. The minimum Gasteiger partial charge on any atom is -0.387 e. The SMILES string of the molecule is O=c1[nH]cnc2c1ncn2[C@@H]1O[C@H](COP(=O)(O)CP(=O)(O)O)[C@H](O)C1O. The van der Waals surface area contributed by atoms with Crippen LogP contribution in [-0.2, 0) is 18.4 Å². The maximum absolute atomic E-state index is 11.7. The van der Waals surface area contributed by atoms with Crippen LogP contribution in [0, 0.1) is 0 Å². The number of aliphatic hydroxyl groups is 2. The van der Waals surface area contributed by atoms with Crippen molar-refractivity contribution in [2.24, 2.45) is 0 Å². The number of hydrogen-bond donors (Lipinski definition) is 6. The Kier molecular flexibility index (Phi) is 5.38. The van der Waals surface area contributed by atoms with E-state index in [1.165, 1.54) is 10.9 Å². The molecule has 0 aliphatic carbocycles. The van der Waals surface area contributed by atoms with E-state index in [1.807, 2.05) is 0 Å². The van der Waals surface area contributed by atoms with E-state index < -0.39 is 57.8 Å². The fourth-order valence-electron chi connectivity index (χ4n) is 2.61. The molecule has 0 amide bonds. The average Bonchev–Trinajstić information content (AvgIpc) is 3.07. The number of imidazole rings is 1. The van der Waals surface area contributed by atoms with Gasteiger partial charge in [0.05, 0.1) is 19.3 Å². The van der Waals surface area contributed by atoms with Crippen LogP contribution in [0.4, 0.5) is 0 Å². The molecular formula is C11H16N4O10P2. The van der Waals surface area contributed by atoms with Crippen molar-refractivity contribution in [1.82, 2.24) is 19.5 Å². The van der Waals surface area contributed by atoms with Gasteiger partial charge in [0, 0.05) is 0 Å². The third kappa shape index (κ3) is 4.35. The molecule has 2 unspecified atom stereocenters. The van der Waals surface area contributed by atoms with Crippen molar-refractivity contribution in [2.75, 3.05) is 12.5 Å². The van der Waals surface area contributed by atoms with E-state index in [1.54, 1.807) is 0 Å². The third-order valence-electron chi connectivity index (χ3n) is 3.78. The fourth-order valence-corrected chi connectivity index (χ4v) is 5.18. The van der Waals surface area contributed by atoms with Crippen molar-refractivity contribution < 1.29 is 43.3 Å². The molecule has 14 nitrogen and oxygen atoms in total. The van der Waals surface area contributed by atoms with Crippen molar-refractivity contribution in [1.29, 1.82) is 0 Å². The van der Waals surface area contributed by atoms with E-state index in [0.717, 1.165) is 6.33 Å². The first-order valence-electron chi connectivity index (χ1n) is 7.41. The molecule has 150 valence electrons. The van der Waals surface area contributed by atoms with E-state index >= 15 is 0 Å². The Labute approximate surface area is 150 Å². The number of hydrogen-bond acceptors (Lipinski definition) is 9. The lowest BCUT2D eigenvalue weighted by Crippen LogP contribution is -2.33. The normalized spacial score (nSPS) is 28.5. The number of rotatable bonds is 6. The molecule has 27 heavy (non-hydrogen) atoms. The van der Waals surface area contributed by atoms with Gasteiger partial charge in [0.1, 0.15) is 18.3 Å². The number of nitrogens with zero attached hydrogens (tertiary/aromatic N) is 3. The summed E-state index contributed by atoms with van der Waals surface area (Å²) in [6, 6.07) is 0. The molecule has 0 bridgehead atoms. The molecule has 1 aliphatic heterocycles. The van der Waals surface area contributed by atoms with Gasteiger partial charge in [-0.3, -0.25) is 18.5 Å². The van der Waals surface area contributed by atoms with Gasteiger partial charge in [0.15, 0.2) is 23.3 Å². The highest BCUT2D eigenvalue weighted by Gasteiger charge is 2.45. The molecule has 0 saturated carbocycles. The van der Waals surface area contributed by atoms with Crippen LogP contribution in [-0.4, -0.2) is 75.2 Å². The molecule has 0 radical (unpaired) electrons. The quantitative estimate of drug-likeness (QED) is 0.279. The Hall–Kier alpha value is -1.47. The number of aliphatic hydroxyl groups excluding tert-OH is 2. The zero-order valence-electron chi connectivity index (χ0n) is 13.4. The molecule has 16 heteroatoms. The maximum atomic E-state index is 11.7. The highest BCUT2D eigenvalue weighted by molar-refractivity contribution is 7.70. The van der Waals surface area contributed by atoms with Crippen molar-refractivity contribution in [3.05, 3.63) is 23.0 Å². The third-order valence-corrected chi connectivity index (χ3v) is 7.24. The molecular weight excluding hydrogens is 410 g/mol. The zero-order chi connectivity index (χ0) is 20.0. The molecule has 6 N–H and O–H groups in total. The van der Waals surface area contributed by atoms with Gasteiger partial charge in [-0.15, -0.1) is 0 Å². The van der Waals surface area contributed by atoms with Crippen molar-refractivity contribution >= 4 is 26.4 Å². The number of fused-ring (bicyclic) bond motifs is 1. The molecule has 1 aliphatic rings. The van der Waals surface area contributed by atoms with E-state index in [2.05, 4.69) is 19.5 Å². The molecule has 5 atom stereocenters. The zero-order valence-corrected chi connectivity index (χ0v) is 15.2. The highest BCUT2D eigenvalue weighted by Crippen LogP contribution is 2.55. The summed E-state index contributed by atoms with van der Waals surface area (Å²) in [6.45, 7) is -0.719. The standard InChI is InChI=1S/C11H16N4O10P2/c16-7-5(1-24-27(22,23)4-26(19,20)21)25-11(8(7)17)15-3-14-6-9(15)12-2-13-10(6)18/h2-3,5,7-8,11,16-17H,1,4H2,(H,22,23)(H,12,13,18)(H2,19,20,21)/t5-,7+,8?,11-/m1/s1. The van der Waals surface area contributed by atoms with E-state index in [9.17, 15) is 29.0 Å². The van der Waals surface area contributed by atoms with Crippen molar-refractivity contribution in [2.45, 2.75) is 24.5 Å². The van der Waals surface area contributed by atoms with Gasteiger partial charge in [-0.1, -0.05) is 0 Å². The van der Waals surface area contributed by atoms with Crippen molar-refractivity contribution in [3.8, 4) is 0 Å². The number of H-pyrrole nitrogens is 1. The second-order valence-corrected chi connectivity index (χ2v) is 9.84. The maximum Gasteiger partial charge on any atom is 0.340 e. The summed E-state index contributed by atoms with van der Waals surface area (Å²) in [4.78, 5) is 48.8. The highest BCUT2D eigenvalue weighted by atomic mass is 31.2. The molecule has 0 aromatic carbocycles. The topological polar surface area (TPSA) is 217 Å². The molecule has 3 rings (SSSR count). The first-order valence-corrected chi connectivity index (χ1v) is 11.0. The van der Waals surface area contributed by atoms with Gasteiger partial charge in [-0.25, -0.2) is 9.97 Å². The Morgan fingerprint density at radius 2 is 1.93 bits per heavy atom. The fraction of sp³-hybridized carbons (Fsp3) is 0.545. The van der Waals surface area contributed by atoms with E-state index in [-0.39, 0.29) is 11.2 Å². The van der Waals surface area contributed by atoms with Crippen LogP contribution in [0.15, 0.2) is 17.4 Å². The van der Waals surface area contributed by atoms with Crippen LogP contribution in [0.25, 0.3) is 11.2 Å². The first kappa shape index (κ1) is 20.3. The number of ether oxygens (including phenoxy) is 1. The van der Waals surface area contributed by atoms with Gasteiger partial charge in [-0.05, 0) is 0 Å². The molecule has 2 aromatic rings. The predicted molar refractivity (Wildman–Crippen MR) is 86.8 cm³/mol. The van der Waals surface area contributed by atoms with Gasteiger partial charge >= 0.3 is 15.2 Å². The number of nitrogens with one attached hydrogen (secondary N) is 1. The molecule has 0 spiro atoms. The minimum absolute atomic E-state index is 0.0241. The van der Waals surface area contributed by atoms with Gasteiger partial charge < -0.3 is 39.1 Å². The smallest absolute Gasteiger partial charge is 0.340 e. The average molecular weight is 426 g/mol. The summed E-state index contributed by atoms with van der Waals surface area (Å²) in [6.07, 6.45) is -3.30. The van der Waals surface area contributed by atoms with Gasteiger partial charge in [0.25, 0.3) is 5.56 Å². The van der Waals surface area contributed by atoms with Crippen LogP contribution in [0.5, 0.6) is 0 Å². The first-order chi connectivity index (χ1) is 12.5. The predicted octanol–water partition coefficient (Wildman–Crippen LogP) is -1.92. The Morgan fingerprint density at radius 3 is 2.59 bits per heavy atom.